The second-order valence-electron chi connectivity index (χ2n) is 15.4. The topological polar surface area (TPSA) is 173 Å². The van der Waals surface area contributed by atoms with Gasteiger partial charge in [0.25, 0.3) is 11.8 Å². The number of hydrogen-bond acceptors (Lipinski definition) is 8. The molecule has 2 aromatic rings. The predicted molar refractivity (Wildman–Crippen MR) is 160 cm³/mol. The van der Waals surface area contributed by atoms with Crippen molar-refractivity contribution in [2.45, 2.75) is 108 Å². The van der Waals surface area contributed by atoms with Gasteiger partial charge >= 0.3 is 5.97 Å². The molecule has 44 heavy (non-hydrogen) atoms. The molecular weight excluding hydrogens is 558 g/mol. The molecule has 0 aliphatic heterocycles. The van der Waals surface area contributed by atoms with Crippen LogP contribution in [0.15, 0.2) is 24.8 Å². The number of carboxylic acid groups (broad SMARTS) is 1. The molecule has 0 spiro atoms. The highest BCUT2D eigenvalue weighted by Crippen LogP contribution is 2.62. The Morgan fingerprint density at radius 1 is 0.705 bits per heavy atom. The average Bonchev–Trinajstić information content (AvgIpc) is 2.91. The van der Waals surface area contributed by atoms with Crippen LogP contribution in [-0.2, 0) is 4.79 Å². The number of nitrogens with two attached hydrogens (primary N) is 1. The maximum absolute atomic E-state index is 12.6. The molecule has 8 aliphatic rings. The molecule has 2 aromatic heterocycles. The fourth-order valence-corrected chi connectivity index (χ4v) is 10.9. The van der Waals surface area contributed by atoms with E-state index in [2.05, 4.69) is 30.6 Å². The van der Waals surface area contributed by atoms with Gasteiger partial charge in [0.05, 0.1) is 29.2 Å². The maximum atomic E-state index is 12.6. The second kappa shape index (κ2) is 10.3. The zero-order valence-corrected chi connectivity index (χ0v) is 25.6. The predicted octanol–water partition coefficient (Wildman–Crippen LogP) is 3.50. The first-order valence-corrected chi connectivity index (χ1v) is 16.1. The van der Waals surface area contributed by atoms with Crippen LogP contribution in [0.25, 0.3) is 0 Å². The molecular formula is C33H43N7O4. The lowest BCUT2D eigenvalue weighted by Crippen LogP contribution is -2.68. The summed E-state index contributed by atoms with van der Waals surface area (Å²) in [4.78, 5) is 53.6. The van der Waals surface area contributed by atoms with Gasteiger partial charge in [-0.2, -0.15) is 0 Å². The number of amides is 2. The first kappa shape index (κ1) is 29.3. The fourth-order valence-electron chi connectivity index (χ4n) is 10.9. The van der Waals surface area contributed by atoms with Crippen LogP contribution in [0.1, 0.15) is 109 Å². The molecule has 0 saturated heterocycles. The zero-order chi connectivity index (χ0) is 30.9. The van der Waals surface area contributed by atoms with E-state index in [9.17, 15) is 19.5 Å². The van der Waals surface area contributed by atoms with Gasteiger partial charge < -0.3 is 21.5 Å². The Morgan fingerprint density at radius 2 is 1.14 bits per heavy atom. The molecule has 0 aromatic carbocycles. The number of aryl methyl sites for hydroxylation is 2. The molecule has 11 heteroatoms. The molecule has 0 radical (unpaired) electrons. The molecule has 8 aliphatic carbocycles. The molecule has 5 N–H and O–H groups in total. The largest absolute Gasteiger partial charge is 0.481 e. The molecule has 4 atom stereocenters. The fraction of sp³-hybridized carbons (Fsp3) is 0.667. The summed E-state index contributed by atoms with van der Waals surface area (Å²) in [6, 6.07) is 0. The molecule has 2 amide bonds. The van der Waals surface area contributed by atoms with E-state index in [1.54, 1.807) is 25.5 Å². The Bertz CT molecular complexity index is 1480. The number of hydrogen-bond donors (Lipinski definition) is 4. The first-order chi connectivity index (χ1) is 20.9. The van der Waals surface area contributed by atoms with Gasteiger partial charge in [0.1, 0.15) is 11.4 Å². The summed E-state index contributed by atoms with van der Waals surface area (Å²) in [5.41, 5.74) is 7.56. The number of aromatic nitrogens is 4. The summed E-state index contributed by atoms with van der Waals surface area (Å²) >= 11 is 0. The summed E-state index contributed by atoms with van der Waals surface area (Å²) in [6.07, 6.45) is 17.9. The van der Waals surface area contributed by atoms with Crippen LogP contribution in [0, 0.1) is 42.9 Å². The number of aliphatic carboxylic acids is 1. The summed E-state index contributed by atoms with van der Waals surface area (Å²) < 4.78 is 0. The molecule has 11 nitrogen and oxygen atoms in total. The van der Waals surface area contributed by atoms with E-state index in [1.807, 2.05) is 6.92 Å². The van der Waals surface area contributed by atoms with Crippen LogP contribution < -0.4 is 16.4 Å². The minimum absolute atomic E-state index is 0.0599. The van der Waals surface area contributed by atoms with Gasteiger partial charge in [-0.15, -0.1) is 0 Å². The maximum Gasteiger partial charge on any atom is 0.309 e. The normalized spacial score (nSPS) is 38.9. The Kier molecular flexibility index (Phi) is 6.84. The van der Waals surface area contributed by atoms with Crippen molar-refractivity contribution in [3.8, 4) is 0 Å². The second-order valence-corrected chi connectivity index (χ2v) is 15.4. The van der Waals surface area contributed by atoms with Crippen molar-refractivity contribution in [3.05, 3.63) is 47.6 Å². The van der Waals surface area contributed by atoms with E-state index in [0.29, 0.717) is 47.2 Å². The molecule has 8 bridgehead atoms. The Hall–Kier alpha value is -3.47. The SMILES string of the molecule is Cc1cncc(C(=O)NC23CC4CC(C2)CC(C(=O)O)(C4)C3)n1.Cc1cncc(C(=O)NC23CC4CC(CC(N)(C4)C2)C3)n1. The van der Waals surface area contributed by atoms with Crippen LogP contribution in [0.3, 0.4) is 0 Å². The highest BCUT2D eigenvalue weighted by atomic mass is 16.4. The Labute approximate surface area is 257 Å². The summed E-state index contributed by atoms with van der Waals surface area (Å²) in [5, 5.41) is 16.2. The van der Waals surface area contributed by atoms with Crippen LogP contribution in [-0.4, -0.2) is 59.4 Å². The molecule has 8 fully saturated rings. The van der Waals surface area contributed by atoms with Gasteiger partial charge in [-0.05, 0) is 115 Å². The van der Waals surface area contributed by atoms with Crippen molar-refractivity contribution >= 4 is 17.8 Å². The van der Waals surface area contributed by atoms with Gasteiger partial charge in [0, 0.05) is 29.0 Å². The van der Waals surface area contributed by atoms with Crippen molar-refractivity contribution in [1.29, 1.82) is 0 Å². The average molecular weight is 602 g/mol. The highest BCUT2D eigenvalue weighted by Gasteiger charge is 2.61. The lowest BCUT2D eigenvalue weighted by Gasteiger charge is -2.61. The van der Waals surface area contributed by atoms with Gasteiger partial charge in [-0.3, -0.25) is 24.4 Å². The van der Waals surface area contributed by atoms with Crippen molar-refractivity contribution in [2.75, 3.05) is 0 Å². The van der Waals surface area contributed by atoms with E-state index in [4.69, 9.17) is 5.73 Å². The zero-order valence-electron chi connectivity index (χ0n) is 25.6. The molecule has 10 rings (SSSR count). The van der Waals surface area contributed by atoms with E-state index < -0.39 is 11.4 Å². The number of carboxylic acids is 1. The third-order valence-electron chi connectivity index (χ3n) is 11.4. The lowest BCUT2D eigenvalue weighted by molar-refractivity contribution is -0.167. The van der Waals surface area contributed by atoms with E-state index in [0.717, 1.165) is 69.9 Å². The monoisotopic (exact) mass is 601 g/mol. The summed E-state index contributed by atoms with van der Waals surface area (Å²) in [5.74, 6) is 1.16. The Balaban J connectivity index is 0.000000143. The molecule has 2 heterocycles. The molecule has 8 saturated carbocycles. The van der Waals surface area contributed by atoms with Crippen molar-refractivity contribution in [3.63, 3.8) is 0 Å². The number of carbonyl (C=O) groups excluding carboxylic acids is 2. The molecule has 234 valence electrons. The lowest BCUT2D eigenvalue weighted by atomic mass is 9.47. The summed E-state index contributed by atoms with van der Waals surface area (Å²) in [7, 11) is 0. The van der Waals surface area contributed by atoms with Gasteiger partial charge in [0.15, 0.2) is 0 Å². The standard InChI is InChI=1S/C17H21N3O3.C16H22N4O/c1-10-7-18-8-13(19-10)14(21)20-17-5-11-2-12(6-17)4-16(3-11,9-17)15(22)23;1-10-7-18-8-13(19-10)14(21)20-16-5-11-2-12(6-16)4-15(17,3-11)9-16/h7-8,11-12H,2-6,9H2,1H3,(H,20,21)(H,22,23);7-8,11-12H,2-6,9,17H2,1H3,(H,20,21). The van der Waals surface area contributed by atoms with Gasteiger partial charge in [-0.25, -0.2) is 9.97 Å². The van der Waals surface area contributed by atoms with E-state index >= 15 is 0 Å². The number of rotatable bonds is 5. The Morgan fingerprint density at radius 3 is 1.55 bits per heavy atom. The number of nitrogens with one attached hydrogen (secondary N) is 2. The minimum Gasteiger partial charge on any atom is -0.481 e. The smallest absolute Gasteiger partial charge is 0.309 e. The first-order valence-electron chi connectivity index (χ1n) is 16.1. The summed E-state index contributed by atoms with van der Waals surface area (Å²) in [6.45, 7) is 3.65. The third kappa shape index (κ3) is 5.37. The van der Waals surface area contributed by atoms with Crippen LogP contribution in [0.2, 0.25) is 0 Å². The van der Waals surface area contributed by atoms with Crippen LogP contribution in [0.4, 0.5) is 0 Å². The highest BCUT2D eigenvalue weighted by molar-refractivity contribution is 5.93. The van der Waals surface area contributed by atoms with Gasteiger partial charge in [-0.1, -0.05) is 0 Å². The van der Waals surface area contributed by atoms with E-state index in [-0.39, 0.29) is 28.4 Å². The van der Waals surface area contributed by atoms with E-state index in [1.165, 1.54) is 12.6 Å². The minimum atomic E-state index is -0.694. The van der Waals surface area contributed by atoms with Crippen molar-refractivity contribution in [2.24, 2.45) is 34.8 Å². The number of carbonyl (C=O) groups is 3. The third-order valence-corrected chi connectivity index (χ3v) is 11.4. The number of nitrogens with zero attached hydrogens (tertiary/aromatic N) is 4. The van der Waals surface area contributed by atoms with Gasteiger partial charge in [0.2, 0.25) is 0 Å². The van der Waals surface area contributed by atoms with Crippen LogP contribution >= 0.6 is 0 Å². The van der Waals surface area contributed by atoms with Crippen molar-refractivity contribution < 1.29 is 19.5 Å². The van der Waals surface area contributed by atoms with Crippen molar-refractivity contribution in [1.82, 2.24) is 30.6 Å². The molecule has 4 unspecified atom stereocenters. The quantitative estimate of drug-likeness (QED) is 0.400. The van der Waals surface area contributed by atoms with Crippen LogP contribution in [0.5, 0.6) is 0 Å².